The summed E-state index contributed by atoms with van der Waals surface area (Å²) < 4.78 is 16.8. The molecule has 0 radical (unpaired) electrons. The van der Waals surface area contributed by atoms with Crippen molar-refractivity contribution in [3.63, 3.8) is 0 Å². The van der Waals surface area contributed by atoms with E-state index >= 15 is 0 Å². The summed E-state index contributed by atoms with van der Waals surface area (Å²) in [5.41, 5.74) is 2.60. The highest BCUT2D eigenvalue weighted by Crippen LogP contribution is 2.26. The van der Waals surface area contributed by atoms with Crippen LogP contribution in [0.15, 0.2) is 44.7 Å². The number of hydrogen-bond acceptors (Lipinski definition) is 4. The zero-order valence-electron chi connectivity index (χ0n) is 16.5. The molecule has 0 spiro atoms. The van der Waals surface area contributed by atoms with Crippen LogP contribution in [0.2, 0.25) is 0 Å². The molecular weight excluding hydrogens is 435 g/mol. The first-order chi connectivity index (χ1) is 14.0. The Morgan fingerprint density at radius 2 is 2.00 bits per heavy atom. The largest absolute Gasteiger partial charge is 0.369 e. The van der Waals surface area contributed by atoms with Crippen LogP contribution in [0.25, 0.3) is 10.9 Å². The normalized spacial score (nSPS) is 14.4. The maximum Gasteiger partial charge on any atom is 0.282 e. The maximum atomic E-state index is 14.7. The van der Waals surface area contributed by atoms with Crippen LogP contribution >= 0.6 is 15.9 Å². The molecule has 0 amide bonds. The fourth-order valence-corrected chi connectivity index (χ4v) is 4.04. The van der Waals surface area contributed by atoms with E-state index in [0.717, 1.165) is 36.0 Å². The van der Waals surface area contributed by atoms with Gasteiger partial charge in [0.15, 0.2) is 0 Å². The Morgan fingerprint density at radius 3 is 2.72 bits per heavy atom. The van der Waals surface area contributed by atoms with Gasteiger partial charge in [0.1, 0.15) is 11.6 Å². The van der Waals surface area contributed by atoms with Gasteiger partial charge < -0.3 is 4.90 Å². The smallest absolute Gasteiger partial charge is 0.282 e. The summed E-state index contributed by atoms with van der Waals surface area (Å²) in [5.74, 6) is 0.301. The van der Waals surface area contributed by atoms with E-state index in [1.165, 1.54) is 17.0 Å². The number of fused-ring (bicyclic) bond motifs is 1. The van der Waals surface area contributed by atoms with E-state index in [0.29, 0.717) is 34.4 Å². The average molecular weight is 457 g/mol. The molecule has 4 rings (SSSR count). The fourth-order valence-electron chi connectivity index (χ4n) is 3.68. The fraction of sp³-hybridized carbons (Fsp3) is 0.318. The summed E-state index contributed by atoms with van der Waals surface area (Å²) in [6.07, 6.45) is 4.28. The highest BCUT2D eigenvalue weighted by Gasteiger charge is 2.17. The number of aromatic nitrogens is 2. The number of aryl methyl sites for hydroxylation is 2. The van der Waals surface area contributed by atoms with Crippen molar-refractivity contribution < 1.29 is 4.39 Å². The van der Waals surface area contributed by atoms with Gasteiger partial charge in [-0.1, -0.05) is 22.9 Å². The molecule has 2 aromatic carbocycles. The SMILES string of the molecule is CCc1nc2ccc(Br)cc2c(=O)n1N=Cc1cc(F)c(N2CCCC2)cc1C. The number of benzene rings is 2. The van der Waals surface area contributed by atoms with E-state index in [9.17, 15) is 9.18 Å². The molecule has 2 heterocycles. The molecule has 0 aliphatic carbocycles. The van der Waals surface area contributed by atoms with Gasteiger partial charge in [-0.15, -0.1) is 0 Å². The van der Waals surface area contributed by atoms with Crippen LogP contribution in [0.4, 0.5) is 10.1 Å². The highest BCUT2D eigenvalue weighted by molar-refractivity contribution is 9.10. The van der Waals surface area contributed by atoms with Crippen molar-refractivity contribution in [3.8, 4) is 0 Å². The van der Waals surface area contributed by atoms with Crippen molar-refractivity contribution in [2.45, 2.75) is 33.1 Å². The van der Waals surface area contributed by atoms with Crippen LogP contribution in [0, 0.1) is 12.7 Å². The third-order valence-electron chi connectivity index (χ3n) is 5.29. The van der Waals surface area contributed by atoms with Gasteiger partial charge >= 0.3 is 0 Å². The van der Waals surface area contributed by atoms with Crippen LogP contribution in [-0.2, 0) is 6.42 Å². The first-order valence-electron chi connectivity index (χ1n) is 9.78. The van der Waals surface area contributed by atoms with E-state index in [-0.39, 0.29) is 11.4 Å². The van der Waals surface area contributed by atoms with Crippen LogP contribution in [0.3, 0.4) is 0 Å². The topological polar surface area (TPSA) is 50.5 Å². The Bertz CT molecular complexity index is 1170. The van der Waals surface area contributed by atoms with Gasteiger partial charge in [-0.2, -0.15) is 9.78 Å². The predicted octanol–water partition coefficient (Wildman–Crippen LogP) is 4.65. The lowest BCUT2D eigenvalue weighted by Gasteiger charge is -2.19. The van der Waals surface area contributed by atoms with Crippen LogP contribution in [0.5, 0.6) is 0 Å². The minimum atomic E-state index is -0.262. The van der Waals surface area contributed by atoms with Crippen molar-refractivity contribution >= 4 is 38.7 Å². The Morgan fingerprint density at radius 1 is 1.24 bits per heavy atom. The molecular formula is C22H22BrFN4O. The first kappa shape index (κ1) is 19.8. The summed E-state index contributed by atoms with van der Waals surface area (Å²) >= 11 is 3.39. The molecule has 0 bridgehead atoms. The highest BCUT2D eigenvalue weighted by atomic mass is 79.9. The van der Waals surface area contributed by atoms with Crippen molar-refractivity contribution in [1.82, 2.24) is 9.66 Å². The molecule has 7 heteroatoms. The maximum absolute atomic E-state index is 14.7. The second-order valence-corrected chi connectivity index (χ2v) is 8.17. The van der Waals surface area contributed by atoms with Crippen molar-refractivity contribution in [3.05, 3.63) is 67.9 Å². The number of nitrogens with zero attached hydrogens (tertiary/aromatic N) is 4. The zero-order chi connectivity index (χ0) is 20.5. The molecule has 1 saturated heterocycles. The molecule has 0 N–H and O–H groups in total. The van der Waals surface area contributed by atoms with Gasteiger partial charge in [0.2, 0.25) is 0 Å². The summed E-state index contributed by atoms with van der Waals surface area (Å²) in [4.78, 5) is 19.6. The third kappa shape index (κ3) is 3.83. The van der Waals surface area contributed by atoms with Gasteiger partial charge in [-0.05, 0) is 55.7 Å². The quantitative estimate of drug-likeness (QED) is 0.536. The molecule has 150 valence electrons. The standard InChI is InChI=1S/C22H22BrFN4O/c1-3-21-26-19-7-6-16(23)12-17(19)22(29)28(21)25-13-15-11-18(24)20(10-14(15)2)27-8-4-5-9-27/h6-7,10-13H,3-5,8-9H2,1-2H3. The monoisotopic (exact) mass is 456 g/mol. The molecule has 0 atom stereocenters. The molecule has 1 fully saturated rings. The second-order valence-electron chi connectivity index (χ2n) is 7.26. The molecule has 5 nitrogen and oxygen atoms in total. The van der Waals surface area contributed by atoms with Gasteiger partial charge in [-0.3, -0.25) is 4.79 Å². The second kappa shape index (κ2) is 8.06. The predicted molar refractivity (Wildman–Crippen MR) is 119 cm³/mol. The Hall–Kier alpha value is -2.54. The molecule has 3 aromatic rings. The number of hydrogen-bond donors (Lipinski definition) is 0. The first-order valence-corrected chi connectivity index (χ1v) is 10.6. The van der Waals surface area contributed by atoms with E-state index < -0.39 is 0 Å². The van der Waals surface area contributed by atoms with E-state index in [2.05, 4.69) is 30.9 Å². The molecule has 0 unspecified atom stereocenters. The van der Waals surface area contributed by atoms with E-state index in [1.54, 1.807) is 6.07 Å². The van der Waals surface area contributed by atoms with Gasteiger partial charge in [-0.25, -0.2) is 9.37 Å². The molecule has 1 aliphatic rings. The van der Waals surface area contributed by atoms with E-state index in [4.69, 9.17) is 0 Å². The number of rotatable bonds is 4. The van der Waals surface area contributed by atoms with Gasteiger partial charge in [0.05, 0.1) is 22.8 Å². The summed E-state index contributed by atoms with van der Waals surface area (Å²) in [6.45, 7) is 5.63. The summed E-state index contributed by atoms with van der Waals surface area (Å²) in [7, 11) is 0. The lowest BCUT2D eigenvalue weighted by molar-refractivity contribution is 0.622. The summed E-state index contributed by atoms with van der Waals surface area (Å²) in [6, 6.07) is 8.77. The minimum Gasteiger partial charge on any atom is -0.369 e. The number of halogens is 2. The van der Waals surface area contributed by atoms with Crippen LogP contribution in [-0.4, -0.2) is 29.0 Å². The molecule has 0 saturated carbocycles. The van der Waals surface area contributed by atoms with E-state index in [1.807, 2.05) is 32.0 Å². The Kier molecular flexibility index (Phi) is 5.50. The minimum absolute atomic E-state index is 0.240. The molecule has 1 aromatic heterocycles. The summed E-state index contributed by atoms with van der Waals surface area (Å²) in [5, 5.41) is 4.86. The Labute approximate surface area is 177 Å². The lowest BCUT2D eigenvalue weighted by atomic mass is 10.1. The van der Waals surface area contributed by atoms with Crippen molar-refractivity contribution in [2.75, 3.05) is 18.0 Å². The number of anilines is 1. The van der Waals surface area contributed by atoms with Crippen LogP contribution in [0.1, 0.15) is 36.7 Å². The van der Waals surface area contributed by atoms with Gasteiger partial charge in [0, 0.05) is 29.5 Å². The lowest BCUT2D eigenvalue weighted by Crippen LogP contribution is -2.22. The van der Waals surface area contributed by atoms with Crippen molar-refractivity contribution in [1.29, 1.82) is 0 Å². The third-order valence-corrected chi connectivity index (χ3v) is 5.78. The zero-order valence-corrected chi connectivity index (χ0v) is 18.0. The molecule has 1 aliphatic heterocycles. The van der Waals surface area contributed by atoms with Gasteiger partial charge in [0.25, 0.3) is 5.56 Å². The van der Waals surface area contributed by atoms with Crippen molar-refractivity contribution in [2.24, 2.45) is 5.10 Å². The molecule has 29 heavy (non-hydrogen) atoms. The van der Waals surface area contributed by atoms with Crippen LogP contribution < -0.4 is 10.5 Å². The Balaban J connectivity index is 1.75. The average Bonchev–Trinajstić information content (AvgIpc) is 3.24.